The van der Waals surface area contributed by atoms with E-state index in [-0.39, 0.29) is 12.0 Å². The maximum Gasteiger partial charge on any atom is 0.329 e. The van der Waals surface area contributed by atoms with Gasteiger partial charge in [0.1, 0.15) is 11.8 Å². The van der Waals surface area contributed by atoms with Crippen molar-refractivity contribution in [3.8, 4) is 0 Å². The monoisotopic (exact) mass is 507 g/mol. The Bertz CT molecular complexity index is 1010. The molecule has 7 nitrogen and oxygen atoms in total. The van der Waals surface area contributed by atoms with Gasteiger partial charge in [-0.15, -0.1) is 0 Å². The standard InChI is InChI=1S/C27H41NO6S/c1-7-8-17-34-26(30)24(19-35(31,32)33)28-25(29)18-21(3)12-9-11-20(2)14-15-23-22(4)13-10-16-27(23,5)6/h9,11-12,14-15,18,24H,7-8,10,13,16-17,19H2,1-6H3,(H,28,29)(H,31,32,33)/b12-9+,15-14+,20-11+,21-18+. The largest absolute Gasteiger partial charge is 0.464 e. The van der Waals surface area contributed by atoms with Crippen LogP contribution in [0.2, 0.25) is 0 Å². The highest BCUT2D eigenvalue weighted by atomic mass is 32.2. The maximum atomic E-state index is 12.3. The average Bonchev–Trinajstić information content (AvgIpc) is 2.71. The summed E-state index contributed by atoms with van der Waals surface area (Å²) in [6.45, 7) is 12.5. The number of carbonyl (C=O) groups excluding carboxylic acids is 2. The molecular weight excluding hydrogens is 466 g/mol. The van der Waals surface area contributed by atoms with Crippen LogP contribution in [0.4, 0.5) is 0 Å². The summed E-state index contributed by atoms with van der Waals surface area (Å²) in [6.07, 6.45) is 16.0. The van der Waals surface area contributed by atoms with Gasteiger partial charge in [0, 0.05) is 6.08 Å². The van der Waals surface area contributed by atoms with E-state index in [4.69, 9.17) is 9.29 Å². The van der Waals surface area contributed by atoms with E-state index in [0.29, 0.717) is 12.0 Å². The van der Waals surface area contributed by atoms with Crippen LogP contribution >= 0.6 is 0 Å². The summed E-state index contributed by atoms with van der Waals surface area (Å²) >= 11 is 0. The number of amides is 1. The fourth-order valence-corrected chi connectivity index (χ4v) is 4.54. The minimum atomic E-state index is -4.49. The van der Waals surface area contributed by atoms with Crippen molar-refractivity contribution >= 4 is 22.0 Å². The molecule has 0 bridgehead atoms. The number of ether oxygens (including phenoxy) is 1. The van der Waals surface area contributed by atoms with E-state index in [9.17, 15) is 18.0 Å². The van der Waals surface area contributed by atoms with E-state index in [1.54, 1.807) is 13.0 Å². The third kappa shape index (κ3) is 12.2. The molecule has 0 saturated carbocycles. The van der Waals surface area contributed by atoms with E-state index in [0.717, 1.165) is 18.4 Å². The first-order valence-corrected chi connectivity index (χ1v) is 13.7. The first-order chi connectivity index (χ1) is 16.2. The molecule has 1 rings (SSSR count). The van der Waals surface area contributed by atoms with Gasteiger partial charge < -0.3 is 10.1 Å². The molecule has 0 aromatic heterocycles. The number of unbranched alkanes of at least 4 members (excludes halogenated alkanes) is 1. The molecule has 0 fully saturated rings. The van der Waals surface area contributed by atoms with Crippen molar-refractivity contribution in [3.63, 3.8) is 0 Å². The normalized spacial score (nSPS) is 18.3. The molecule has 0 aliphatic heterocycles. The zero-order valence-electron chi connectivity index (χ0n) is 21.9. The lowest BCUT2D eigenvalue weighted by Crippen LogP contribution is -2.45. The van der Waals surface area contributed by atoms with Gasteiger partial charge >= 0.3 is 5.97 Å². The topological polar surface area (TPSA) is 110 Å². The summed E-state index contributed by atoms with van der Waals surface area (Å²) in [5.41, 5.74) is 4.67. The first kappa shape index (κ1) is 30.6. The van der Waals surface area contributed by atoms with Crippen LogP contribution in [0.1, 0.15) is 73.6 Å². The number of hydrogen-bond donors (Lipinski definition) is 2. The summed E-state index contributed by atoms with van der Waals surface area (Å²) < 4.78 is 36.6. The van der Waals surface area contributed by atoms with Crippen molar-refractivity contribution in [2.75, 3.05) is 12.4 Å². The second-order valence-corrected chi connectivity index (χ2v) is 11.3. The Labute approximate surface area is 210 Å². The summed E-state index contributed by atoms with van der Waals surface area (Å²) in [5.74, 6) is -2.51. The molecule has 8 heteroatoms. The van der Waals surface area contributed by atoms with Crippen molar-refractivity contribution in [1.82, 2.24) is 5.32 Å². The predicted molar refractivity (Wildman–Crippen MR) is 140 cm³/mol. The smallest absolute Gasteiger partial charge is 0.329 e. The summed E-state index contributed by atoms with van der Waals surface area (Å²) in [4.78, 5) is 24.4. The lowest BCUT2D eigenvalue weighted by molar-refractivity contribution is -0.147. The molecule has 35 heavy (non-hydrogen) atoms. The highest BCUT2D eigenvalue weighted by Gasteiger charge is 2.27. The summed E-state index contributed by atoms with van der Waals surface area (Å²) in [6, 6.07) is -1.49. The van der Waals surface area contributed by atoms with E-state index in [1.807, 2.05) is 26.0 Å². The van der Waals surface area contributed by atoms with Gasteiger partial charge in [0.2, 0.25) is 5.91 Å². The van der Waals surface area contributed by atoms with Crippen LogP contribution in [0.3, 0.4) is 0 Å². The number of allylic oxidation sites excluding steroid dienone is 9. The molecule has 0 aromatic rings. The number of esters is 1. The van der Waals surface area contributed by atoms with Crippen LogP contribution in [0.15, 0.2) is 58.7 Å². The number of carbonyl (C=O) groups is 2. The minimum absolute atomic E-state index is 0.110. The van der Waals surface area contributed by atoms with E-state index in [1.165, 1.54) is 30.1 Å². The highest BCUT2D eigenvalue weighted by molar-refractivity contribution is 7.85. The van der Waals surface area contributed by atoms with Gasteiger partial charge in [-0.2, -0.15) is 8.42 Å². The lowest BCUT2D eigenvalue weighted by atomic mass is 9.72. The SMILES string of the molecule is CCCCOC(=O)C(CS(=O)(=O)O)NC(=O)/C=C(C)/C=C/C=C(C)/C=C/C1=C(C)CCCC1(C)C. The molecule has 0 heterocycles. The van der Waals surface area contributed by atoms with Crippen LogP contribution in [-0.4, -0.2) is 43.2 Å². The maximum absolute atomic E-state index is 12.3. The molecule has 0 spiro atoms. The second-order valence-electron chi connectivity index (χ2n) is 9.75. The molecule has 0 aromatic carbocycles. The minimum Gasteiger partial charge on any atom is -0.464 e. The quantitative estimate of drug-likeness (QED) is 0.123. The molecule has 1 amide bonds. The van der Waals surface area contributed by atoms with E-state index < -0.39 is 33.8 Å². The molecule has 1 atom stereocenters. The number of rotatable bonds is 12. The van der Waals surface area contributed by atoms with Gasteiger partial charge in [0.15, 0.2) is 0 Å². The van der Waals surface area contributed by atoms with Crippen LogP contribution in [0, 0.1) is 5.41 Å². The van der Waals surface area contributed by atoms with E-state index in [2.05, 4.69) is 38.2 Å². The Morgan fingerprint density at radius 1 is 1.20 bits per heavy atom. The third-order valence-electron chi connectivity index (χ3n) is 5.85. The molecule has 0 saturated heterocycles. The first-order valence-electron chi connectivity index (χ1n) is 12.1. The Balaban J connectivity index is 2.80. The van der Waals surface area contributed by atoms with Crippen LogP contribution in [0.25, 0.3) is 0 Å². The molecule has 1 aliphatic rings. The van der Waals surface area contributed by atoms with Gasteiger partial charge in [-0.25, -0.2) is 4.79 Å². The van der Waals surface area contributed by atoms with Gasteiger partial charge in [-0.05, 0) is 63.0 Å². The van der Waals surface area contributed by atoms with Gasteiger partial charge in [-0.1, -0.05) is 68.7 Å². The van der Waals surface area contributed by atoms with Crippen molar-refractivity contribution in [2.45, 2.75) is 79.7 Å². The van der Waals surface area contributed by atoms with Crippen LogP contribution in [-0.2, 0) is 24.4 Å². The van der Waals surface area contributed by atoms with Gasteiger partial charge in [-0.3, -0.25) is 9.35 Å². The second kappa shape index (κ2) is 14.2. The number of hydrogen-bond acceptors (Lipinski definition) is 5. The number of nitrogens with one attached hydrogen (secondary N) is 1. The summed E-state index contributed by atoms with van der Waals surface area (Å²) in [5, 5.41) is 2.30. The van der Waals surface area contributed by atoms with Crippen LogP contribution in [0.5, 0.6) is 0 Å². The average molecular weight is 508 g/mol. The molecule has 1 aliphatic carbocycles. The Hall–Kier alpha value is -2.45. The predicted octanol–water partition coefficient (Wildman–Crippen LogP) is 5.23. The van der Waals surface area contributed by atoms with E-state index >= 15 is 0 Å². The Morgan fingerprint density at radius 3 is 2.49 bits per heavy atom. The fourth-order valence-electron chi connectivity index (χ4n) is 3.90. The highest BCUT2D eigenvalue weighted by Crippen LogP contribution is 2.40. The third-order valence-corrected chi connectivity index (χ3v) is 6.61. The van der Waals surface area contributed by atoms with Crippen molar-refractivity contribution in [2.24, 2.45) is 5.41 Å². The molecule has 0 radical (unpaired) electrons. The van der Waals surface area contributed by atoms with Crippen molar-refractivity contribution < 1.29 is 27.3 Å². The van der Waals surface area contributed by atoms with Crippen molar-refractivity contribution in [3.05, 3.63) is 58.7 Å². The molecule has 2 N–H and O–H groups in total. The fraction of sp³-hybridized carbons (Fsp3) is 0.556. The lowest BCUT2D eigenvalue weighted by Gasteiger charge is -2.32. The van der Waals surface area contributed by atoms with Gasteiger partial charge in [0.05, 0.1) is 6.61 Å². The Kier molecular flexibility index (Phi) is 12.4. The molecular formula is C27H41NO6S. The zero-order chi connectivity index (χ0) is 26.6. The molecule has 196 valence electrons. The molecule has 1 unspecified atom stereocenters. The zero-order valence-corrected chi connectivity index (χ0v) is 22.7. The van der Waals surface area contributed by atoms with Gasteiger partial charge in [0.25, 0.3) is 10.1 Å². The Morgan fingerprint density at radius 2 is 1.89 bits per heavy atom. The summed E-state index contributed by atoms with van der Waals surface area (Å²) in [7, 11) is -4.49. The van der Waals surface area contributed by atoms with Crippen molar-refractivity contribution in [1.29, 1.82) is 0 Å². The van der Waals surface area contributed by atoms with Crippen LogP contribution < -0.4 is 5.32 Å².